The fourth-order valence-electron chi connectivity index (χ4n) is 2.88. The van der Waals surface area contributed by atoms with Crippen LogP contribution in [0.5, 0.6) is 0 Å². The number of nitrogens with zero attached hydrogens (tertiary/aromatic N) is 2. The molecule has 0 aromatic heterocycles. The molecular formula is C16H32IN3OS. The highest BCUT2D eigenvalue weighted by molar-refractivity contribution is 14.0. The molecule has 130 valence electrons. The standard InChI is InChI=1S/C16H31N3OS.HI/c1-13(2)14-11-19(8-10-21-14)15(17-3)18-12-16(5-6-16)7-9-20-4;/h13-14H,5-12H2,1-4H3,(H,17,18);1H. The van der Waals surface area contributed by atoms with Gasteiger partial charge in [-0.3, -0.25) is 4.99 Å². The molecule has 0 aromatic carbocycles. The first-order chi connectivity index (χ1) is 10.1. The summed E-state index contributed by atoms with van der Waals surface area (Å²) in [6, 6.07) is 0. The van der Waals surface area contributed by atoms with E-state index in [1.165, 1.54) is 18.6 Å². The lowest BCUT2D eigenvalue weighted by Crippen LogP contribution is -2.50. The number of guanidine groups is 1. The average Bonchev–Trinajstić information content (AvgIpc) is 3.26. The number of thioether (sulfide) groups is 1. The van der Waals surface area contributed by atoms with Gasteiger partial charge in [0.2, 0.25) is 0 Å². The lowest BCUT2D eigenvalue weighted by atomic mass is 10.0. The highest BCUT2D eigenvalue weighted by Crippen LogP contribution is 2.48. The van der Waals surface area contributed by atoms with Crippen LogP contribution >= 0.6 is 35.7 Å². The minimum absolute atomic E-state index is 0. The summed E-state index contributed by atoms with van der Waals surface area (Å²) in [7, 11) is 3.70. The topological polar surface area (TPSA) is 36.9 Å². The fourth-order valence-corrected chi connectivity index (χ4v) is 4.18. The molecule has 2 aliphatic rings. The Labute approximate surface area is 157 Å². The van der Waals surface area contributed by atoms with Gasteiger partial charge in [0.05, 0.1) is 0 Å². The highest BCUT2D eigenvalue weighted by Gasteiger charge is 2.42. The molecule has 0 radical (unpaired) electrons. The molecule has 1 unspecified atom stereocenters. The van der Waals surface area contributed by atoms with Crippen molar-refractivity contribution in [2.75, 3.05) is 46.2 Å². The van der Waals surface area contributed by atoms with Gasteiger partial charge in [0, 0.05) is 51.4 Å². The van der Waals surface area contributed by atoms with Crippen molar-refractivity contribution in [3.8, 4) is 0 Å². The van der Waals surface area contributed by atoms with E-state index in [9.17, 15) is 0 Å². The van der Waals surface area contributed by atoms with Gasteiger partial charge in [0.1, 0.15) is 0 Å². The van der Waals surface area contributed by atoms with Crippen LogP contribution in [0.4, 0.5) is 0 Å². The second-order valence-electron chi connectivity index (χ2n) is 6.74. The van der Waals surface area contributed by atoms with Gasteiger partial charge in [0.25, 0.3) is 0 Å². The molecule has 1 heterocycles. The Morgan fingerprint density at radius 2 is 2.18 bits per heavy atom. The third-order valence-electron chi connectivity index (χ3n) is 4.76. The van der Waals surface area contributed by atoms with Crippen LogP contribution in [0.25, 0.3) is 0 Å². The molecule has 6 heteroatoms. The van der Waals surface area contributed by atoms with Crippen molar-refractivity contribution >= 4 is 41.7 Å². The van der Waals surface area contributed by atoms with Crippen molar-refractivity contribution in [2.45, 2.75) is 38.4 Å². The predicted octanol–water partition coefficient (Wildman–Crippen LogP) is 3.07. The Morgan fingerprint density at radius 3 is 2.73 bits per heavy atom. The van der Waals surface area contributed by atoms with Gasteiger partial charge in [-0.1, -0.05) is 13.8 Å². The maximum atomic E-state index is 5.24. The summed E-state index contributed by atoms with van der Waals surface area (Å²) in [5, 5.41) is 4.34. The largest absolute Gasteiger partial charge is 0.385 e. The van der Waals surface area contributed by atoms with Crippen LogP contribution < -0.4 is 5.32 Å². The van der Waals surface area contributed by atoms with Crippen LogP contribution in [0.15, 0.2) is 4.99 Å². The first-order valence-corrected chi connectivity index (χ1v) is 9.21. The zero-order valence-corrected chi connectivity index (χ0v) is 17.6. The molecule has 2 rings (SSSR count). The number of hydrogen-bond acceptors (Lipinski definition) is 3. The summed E-state index contributed by atoms with van der Waals surface area (Å²) in [5.74, 6) is 3.02. The number of methoxy groups -OCH3 is 1. The molecule has 1 aliphatic carbocycles. The number of ether oxygens (including phenoxy) is 1. The van der Waals surface area contributed by atoms with Gasteiger partial charge >= 0.3 is 0 Å². The van der Waals surface area contributed by atoms with Crippen molar-refractivity contribution in [1.29, 1.82) is 0 Å². The predicted molar refractivity (Wildman–Crippen MR) is 108 cm³/mol. The van der Waals surface area contributed by atoms with Crippen molar-refractivity contribution in [3.05, 3.63) is 0 Å². The first-order valence-electron chi connectivity index (χ1n) is 8.16. The van der Waals surface area contributed by atoms with E-state index in [-0.39, 0.29) is 24.0 Å². The molecule has 0 aromatic rings. The summed E-state index contributed by atoms with van der Waals surface area (Å²) in [6.07, 6.45) is 3.81. The van der Waals surface area contributed by atoms with E-state index >= 15 is 0 Å². The quantitative estimate of drug-likeness (QED) is 0.391. The molecule has 0 amide bonds. The summed E-state index contributed by atoms with van der Waals surface area (Å²) in [4.78, 5) is 6.95. The van der Waals surface area contributed by atoms with E-state index in [0.717, 1.165) is 49.8 Å². The van der Waals surface area contributed by atoms with Crippen LogP contribution in [0, 0.1) is 11.3 Å². The zero-order valence-electron chi connectivity index (χ0n) is 14.4. The summed E-state index contributed by atoms with van der Waals surface area (Å²) in [6.45, 7) is 8.78. The Morgan fingerprint density at radius 1 is 1.45 bits per heavy atom. The second kappa shape index (κ2) is 9.57. The Balaban J connectivity index is 0.00000242. The maximum absolute atomic E-state index is 5.24. The first kappa shape index (κ1) is 20.4. The van der Waals surface area contributed by atoms with E-state index in [0.29, 0.717) is 5.41 Å². The SMILES string of the molecule is CN=C(NCC1(CCOC)CC1)N1CCSC(C(C)C)C1.I. The minimum atomic E-state index is 0. The molecule has 2 fully saturated rings. The third kappa shape index (κ3) is 5.74. The van der Waals surface area contributed by atoms with Gasteiger partial charge in [-0.25, -0.2) is 0 Å². The van der Waals surface area contributed by atoms with Crippen LogP contribution in [0.2, 0.25) is 0 Å². The van der Waals surface area contributed by atoms with E-state index in [1.807, 2.05) is 7.05 Å². The van der Waals surface area contributed by atoms with Gasteiger partial charge in [-0.15, -0.1) is 24.0 Å². The molecular weight excluding hydrogens is 409 g/mol. The van der Waals surface area contributed by atoms with Crippen molar-refractivity contribution in [1.82, 2.24) is 10.2 Å². The lowest BCUT2D eigenvalue weighted by molar-refractivity contribution is 0.172. The highest BCUT2D eigenvalue weighted by atomic mass is 127. The molecule has 1 atom stereocenters. The summed E-state index contributed by atoms with van der Waals surface area (Å²) < 4.78 is 5.24. The Bertz CT molecular complexity index is 361. The van der Waals surface area contributed by atoms with Gasteiger partial charge in [-0.05, 0) is 30.6 Å². The van der Waals surface area contributed by atoms with Crippen LogP contribution in [0.1, 0.15) is 33.1 Å². The maximum Gasteiger partial charge on any atom is 0.193 e. The van der Waals surface area contributed by atoms with E-state index in [4.69, 9.17) is 4.74 Å². The van der Waals surface area contributed by atoms with Crippen molar-refractivity contribution in [3.63, 3.8) is 0 Å². The van der Waals surface area contributed by atoms with Crippen LogP contribution in [-0.4, -0.2) is 62.3 Å². The van der Waals surface area contributed by atoms with E-state index in [2.05, 4.69) is 40.8 Å². The summed E-state index contributed by atoms with van der Waals surface area (Å²) >= 11 is 2.11. The monoisotopic (exact) mass is 441 g/mol. The van der Waals surface area contributed by atoms with E-state index in [1.54, 1.807) is 7.11 Å². The van der Waals surface area contributed by atoms with Crippen LogP contribution in [-0.2, 0) is 4.74 Å². The molecule has 1 aliphatic heterocycles. The number of aliphatic imine (C=N–C) groups is 1. The normalized spacial score (nSPS) is 24.1. The smallest absolute Gasteiger partial charge is 0.193 e. The Kier molecular flexibility index (Phi) is 8.85. The molecule has 4 nitrogen and oxygen atoms in total. The minimum Gasteiger partial charge on any atom is -0.385 e. The number of halogens is 1. The molecule has 0 spiro atoms. The van der Waals surface area contributed by atoms with Gasteiger partial charge < -0.3 is 15.0 Å². The fraction of sp³-hybridized carbons (Fsp3) is 0.938. The van der Waals surface area contributed by atoms with Crippen molar-refractivity contribution in [2.24, 2.45) is 16.3 Å². The molecule has 0 bridgehead atoms. The number of nitrogens with one attached hydrogen (secondary N) is 1. The zero-order chi connectivity index (χ0) is 15.3. The molecule has 22 heavy (non-hydrogen) atoms. The second-order valence-corrected chi connectivity index (χ2v) is 8.09. The lowest BCUT2D eigenvalue weighted by Gasteiger charge is -2.36. The molecule has 1 saturated heterocycles. The van der Waals surface area contributed by atoms with Crippen molar-refractivity contribution < 1.29 is 4.74 Å². The van der Waals surface area contributed by atoms with E-state index < -0.39 is 0 Å². The third-order valence-corrected chi connectivity index (χ3v) is 6.30. The van der Waals surface area contributed by atoms with Gasteiger partial charge in [0.15, 0.2) is 5.96 Å². The average molecular weight is 441 g/mol. The summed E-state index contributed by atoms with van der Waals surface area (Å²) in [5.41, 5.74) is 0.466. The number of rotatable bonds is 6. The van der Waals surface area contributed by atoms with Gasteiger partial charge in [-0.2, -0.15) is 11.8 Å². The number of hydrogen-bond donors (Lipinski definition) is 1. The van der Waals surface area contributed by atoms with Crippen LogP contribution in [0.3, 0.4) is 0 Å². The molecule has 1 saturated carbocycles. The molecule has 1 N–H and O–H groups in total. The Hall–Kier alpha value is 0.310.